The van der Waals surface area contributed by atoms with E-state index in [4.69, 9.17) is 0 Å². The molecular weight excluding hydrogens is 296 g/mol. The third kappa shape index (κ3) is 3.39. The normalized spacial score (nSPS) is 18.3. The second-order valence-electron chi connectivity index (χ2n) is 4.65. The number of hydrogen-bond donors (Lipinski definition) is 2. The van der Waals surface area contributed by atoms with Gasteiger partial charge in [0.05, 0.1) is 11.7 Å². The molecule has 0 bridgehead atoms. The molecule has 1 unspecified atom stereocenters. The fraction of sp³-hybridized carbons (Fsp3) is 0.385. The zero-order valence-electron chi connectivity index (χ0n) is 10.9. The average molecular weight is 313 g/mol. The summed E-state index contributed by atoms with van der Waals surface area (Å²) in [6.45, 7) is 2.00. The lowest BCUT2D eigenvalue weighted by Gasteiger charge is -2.22. The van der Waals surface area contributed by atoms with Crippen molar-refractivity contribution >= 4 is 35.3 Å². The number of rotatable bonds is 3. The predicted octanol–water partition coefficient (Wildman–Crippen LogP) is 2.54. The topological polar surface area (TPSA) is 59.0 Å². The van der Waals surface area contributed by atoms with Gasteiger partial charge in [0.25, 0.3) is 5.91 Å². The van der Waals surface area contributed by atoms with E-state index in [0.717, 1.165) is 31.6 Å². The average Bonchev–Trinajstić information content (AvgIpc) is 3.10. The standard InChI is InChI=1S/C13H16N4OS.ClH/c18-13(15-10-4-7-19-9-10)12-3-6-17(16-12)11-2-1-5-14-8-11;/h3-4,6-7,9,11,14H,1-2,5,8H2,(H,15,18);1H. The Bertz CT molecular complexity index is 548. The summed E-state index contributed by atoms with van der Waals surface area (Å²) in [5.41, 5.74) is 1.29. The summed E-state index contributed by atoms with van der Waals surface area (Å²) < 4.78 is 1.90. The highest BCUT2D eigenvalue weighted by molar-refractivity contribution is 7.08. The zero-order valence-corrected chi connectivity index (χ0v) is 12.5. The van der Waals surface area contributed by atoms with Crippen LogP contribution in [0, 0.1) is 0 Å². The Hall–Kier alpha value is -1.37. The highest BCUT2D eigenvalue weighted by atomic mass is 35.5. The van der Waals surface area contributed by atoms with Crippen LogP contribution < -0.4 is 10.6 Å². The van der Waals surface area contributed by atoms with E-state index in [1.54, 1.807) is 17.4 Å². The number of aromatic nitrogens is 2. The molecule has 20 heavy (non-hydrogen) atoms. The van der Waals surface area contributed by atoms with Gasteiger partial charge in [-0.05, 0) is 36.9 Å². The van der Waals surface area contributed by atoms with Crippen LogP contribution in [0.25, 0.3) is 0 Å². The minimum absolute atomic E-state index is 0. The van der Waals surface area contributed by atoms with Gasteiger partial charge in [-0.25, -0.2) is 0 Å². The van der Waals surface area contributed by atoms with Gasteiger partial charge in [0.2, 0.25) is 0 Å². The van der Waals surface area contributed by atoms with Gasteiger partial charge in [-0.1, -0.05) is 0 Å². The molecule has 108 valence electrons. The second kappa shape index (κ2) is 6.88. The van der Waals surface area contributed by atoms with Crippen molar-refractivity contribution in [3.63, 3.8) is 0 Å². The Balaban J connectivity index is 0.00000147. The van der Waals surface area contributed by atoms with Crippen LogP contribution in [0.5, 0.6) is 0 Å². The Morgan fingerprint density at radius 2 is 2.40 bits per heavy atom. The highest BCUT2D eigenvalue weighted by Gasteiger charge is 2.17. The Morgan fingerprint density at radius 1 is 1.50 bits per heavy atom. The monoisotopic (exact) mass is 312 g/mol. The Kier molecular flexibility index (Phi) is 5.17. The molecule has 0 aliphatic carbocycles. The molecule has 2 aromatic rings. The smallest absolute Gasteiger partial charge is 0.276 e. The van der Waals surface area contributed by atoms with Gasteiger partial charge in [-0.15, -0.1) is 12.4 Å². The number of piperidine rings is 1. The molecule has 2 aromatic heterocycles. The van der Waals surface area contributed by atoms with Gasteiger partial charge in [-0.3, -0.25) is 9.48 Å². The summed E-state index contributed by atoms with van der Waals surface area (Å²) in [5, 5.41) is 14.4. The lowest BCUT2D eigenvalue weighted by Crippen LogP contribution is -2.32. The Labute approximate surface area is 127 Å². The molecule has 7 heteroatoms. The maximum atomic E-state index is 12.0. The molecule has 3 rings (SSSR count). The lowest BCUT2D eigenvalue weighted by molar-refractivity contribution is 0.102. The molecule has 1 amide bonds. The molecule has 2 N–H and O–H groups in total. The number of halogens is 1. The number of carbonyl (C=O) groups is 1. The number of nitrogens with zero attached hydrogens (tertiary/aromatic N) is 2. The summed E-state index contributed by atoms with van der Waals surface area (Å²) in [6, 6.07) is 4.01. The van der Waals surface area contributed by atoms with Crippen molar-refractivity contribution in [2.45, 2.75) is 18.9 Å². The summed E-state index contributed by atoms with van der Waals surface area (Å²) in [5.74, 6) is -0.152. The number of nitrogens with one attached hydrogen (secondary N) is 2. The van der Waals surface area contributed by atoms with E-state index in [-0.39, 0.29) is 18.3 Å². The molecule has 1 aliphatic heterocycles. The first-order valence-electron chi connectivity index (χ1n) is 6.42. The summed E-state index contributed by atoms with van der Waals surface area (Å²) in [7, 11) is 0. The van der Waals surface area contributed by atoms with E-state index in [9.17, 15) is 4.79 Å². The van der Waals surface area contributed by atoms with Crippen LogP contribution in [-0.4, -0.2) is 28.8 Å². The number of anilines is 1. The van der Waals surface area contributed by atoms with Gasteiger partial charge in [0, 0.05) is 18.1 Å². The molecule has 1 atom stereocenters. The van der Waals surface area contributed by atoms with Crippen molar-refractivity contribution in [3.8, 4) is 0 Å². The molecule has 5 nitrogen and oxygen atoms in total. The largest absolute Gasteiger partial charge is 0.320 e. The molecule has 1 saturated heterocycles. The van der Waals surface area contributed by atoms with Crippen LogP contribution in [0.1, 0.15) is 29.4 Å². The molecule has 0 saturated carbocycles. The molecule has 0 radical (unpaired) electrons. The van der Waals surface area contributed by atoms with Gasteiger partial charge in [-0.2, -0.15) is 16.4 Å². The van der Waals surface area contributed by atoms with Crippen LogP contribution in [0.2, 0.25) is 0 Å². The third-order valence-electron chi connectivity index (χ3n) is 3.27. The lowest BCUT2D eigenvalue weighted by atomic mass is 10.1. The fourth-order valence-corrected chi connectivity index (χ4v) is 2.84. The van der Waals surface area contributed by atoms with Crippen LogP contribution in [0.15, 0.2) is 29.1 Å². The van der Waals surface area contributed by atoms with Crippen LogP contribution in [0.4, 0.5) is 5.69 Å². The van der Waals surface area contributed by atoms with E-state index >= 15 is 0 Å². The molecular formula is C13H17ClN4OS. The second-order valence-corrected chi connectivity index (χ2v) is 5.43. The highest BCUT2D eigenvalue weighted by Crippen LogP contribution is 2.17. The summed E-state index contributed by atoms with van der Waals surface area (Å²) in [4.78, 5) is 12.0. The van der Waals surface area contributed by atoms with Crippen molar-refractivity contribution in [1.82, 2.24) is 15.1 Å². The first-order chi connectivity index (χ1) is 9.33. The van der Waals surface area contributed by atoms with Gasteiger partial charge < -0.3 is 10.6 Å². The van der Waals surface area contributed by atoms with Crippen LogP contribution in [-0.2, 0) is 0 Å². The fourth-order valence-electron chi connectivity index (χ4n) is 2.25. The van der Waals surface area contributed by atoms with E-state index in [2.05, 4.69) is 15.7 Å². The van der Waals surface area contributed by atoms with Crippen molar-refractivity contribution in [2.75, 3.05) is 18.4 Å². The first kappa shape index (κ1) is 15.0. The summed E-state index contributed by atoms with van der Waals surface area (Å²) in [6.07, 6.45) is 4.15. The van der Waals surface area contributed by atoms with Gasteiger partial charge in [0.1, 0.15) is 0 Å². The summed E-state index contributed by atoms with van der Waals surface area (Å²) >= 11 is 1.56. The number of thiophene rings is 1. The van der Waals surface area contributed by atoms with Crippen molar-refractivity contribution in [1.29, 1.82) is 0 Å². The maximum absolute atomic E-state index is 12.0. The SMILES string of the molecule is Cl.O=C(Nc1ccsc1)c1ccn(C2CCCNC2)n1. The Morgan fingerprint density at radius 3 is 3.10 bits per heavy atom. The van der Waals surface area contributed by atoms with Crippen molar-refractivity contribution in [2.24, 2.45) is 0 Å². The van der Waals surface area contributed by atoms with E-state index in [1.165, 1.54) is 0 Å². The van der Waals surface area contributed by atoms with E-state index in [0.29, 0.717) is 11.7 Å². The van der Waals surface area contributed by atoms with Gasteiger partial charge in [0.15, 0.2) is 5.69 Å². The van der Waals surface area contributed by atoms with Crippen LogP contribution in [0.3, 0.4) is 0 Å². The molecule has 0 aromatic carbocycles. The van der Waals surface area contributed by atoms with Crippen molar-refractivity contribution in [3.05, 3.63) is 34.8 Å². The number of carbonyl (C=O) groups excluding carboxylic acids is 1. The molecule has 3 heterocycles. The van der Waals surface area contributed by atoms with E-state index < -0.39 is 0 Å². The predicted molar refractivity (Wildman–Crippen MR) is 82.9 cm³/mol. The minimum Gasteiger partial charge on any atom is -0.320 e. The van der Waals surface area contributed by atoms with E-state index in [1.807, 2.05) is 27.7 Å². The van der Waals surface area contributed by atoms with Gasteiger partial charge >= 0.3 is 0 Å². The molecule has 0 spiro atoms. The van der Waals surface area contributed by atoms with Crippen molar-refractivity contribution < 1.29 is 4.79 Å². The zero-order chi connectivity index (χ0) is 13.1. The quantitative estimate of drug-likeness (QED) is 0.915. The van der Waals surface area contributed by atoms with Crippen LogP contribution >= 0.6 is 23.7 Å². The maximum Gasteiger partial charge on any atom is 0.276 e. The minimum atomic E-state index is -0.152. The number of amides is 1. The number of hydrogen-bond acceptors (Lipinski definition) is 4. The first-order valence-corrected chi connectivity index (χ1v) is 7.36. The third-order valence-corrected chi connectivity index (χ3v) is 3.95. The molecule has 1 fully saturated rings. The molecule has 1 aliphatic rings.